The second kappa shape index (κ2) is 13.3. The summed E-state index contributed by atoms with van der Waals surface area (Å²) in [6.07, 6.45) is 4.19. The van der Waals surface area contributed by atoms with Crippen molar-refractivity contribution in [3.05, 3.63) is 18.2 Å². The van der Waals surface area contributed by atoms with Gasteiger partial charge in [-0.1, -0.05) is 32.1 Å². The number of carboxylic acids is 1. The Balaban J connectivity index is 0.00000729. The standard InChI is InChI=1S/C17H30N6O4.Cu/c1-10(2)14(19)16(25)23-13(7-11-8-20-9-21-11)15(24)22-12(17(26)27)5-3-4-6-18;/h8-10,12-14H,3-7,18-19H2,1-2H3,(H4,20,21,22,23,24,25,26,27);/q;+2/p-2/t12-,13-,14-;/m0./s1. The minimum absolute atomic E-state index is 0. The molecule has 2 amide bonds. The predicted molar refractivity (Wildman–Crippen MR) is 95.8 cm³/mol. The van der Waals surface area contributed by atoms with Crippen LogP contribution >= 0.6 is 0 Å². The number of amides is 2. The van der Waals surface area contributed by atoms with Crippen molar-refractivity contribution in [2.45, 2.75) is 57.7 Å². The van der Waals surface area contributed by atoms with Crippen molar-refractivity contribution in [3.8, 4) is 0 Å². The summed E-state index contributed by atoms with van der Waals surface area (Å²) in [4.78, 5) is 44.0. The Morgan fingerprint density at radius 1 is 1.18 bits per heavy atom. The number of unbranched alkanes of at least 4 members (excludes halogenated alkanes) is 1. The Morgan fingerprint density at radius 3 is 2.32 bits per heavy atom. The number of nitrogens with two attached hydrogens (primary N) is 2. The van der Waals surface area contributed by atoms with Gasteiger partial charge in [0.05, 0.1) is 18.1 Å². The zero-order valence-corrected chi connectivity index (χ0v) is 16.9. The third-order valence-electron chi connectivity index (χ3n) is 4.13. The van der Waals surface area contributed by atoms with Crippen molar-refractivity contribution in [2.24, 2.45) is 17.4 Å². The number of hydrogen-bond donors (Lipinski definition) is 4. The van der Waals surface area contributed by atoms with Crippen LogP contribution in [-0.4, -0.2) is 47.4 Å². The number of hydrogen-bond acceptors (Lipinski definition) is 7. The molecule has 1 aromatic heterocycles. The van der Waals surface area contributed by atoms with E-state index in [0.717, 1.165) is 0 Å². The topological polar surface area (TPSA) is 177 Å². The first-order valence-corrected chi connectivity index (χ1v) is 8.95. The summed E-state index contributed by atoms with van der Waals surface area (Å²) >= 11 is 0. The molecular weight excluding hydrogens is 416 g/mol. The van der Waals surface area contributed by atoms with Gasteiger partial charge in [0.15, 0.2) is 0 Å². The fourth-order valence-corrected chi connectivity index (χ4v) is 2.37. The molecule has 0 aliphatic carbocycles. The SMILES string of the molecule is CC(C)[C@H](N)C(=O)N[C@@H](Cc1c[n-]cn1)C(=O)N[C@@H](CCCCN)C(=O)[O-].[Cu+2]. The van der Waals surface area contributed by atoms with Crippen LogP contribution in [0.15, 0.2) is 12.5 Å². The number of carboxylic acid groups (broad SMARTS) is 1. The van der Waals surface area contributed by atoms with Crippen molar-refractivity contribution in [2.75, 3.05) is 6.54 Å². The maximum atomic E-state index is 12.6. The van der Waals surface area contributed by atoms with Crippen LogP contribution in [-0.2, 0) is 37.9 Å². The molecule has 6 N–H and O–H groups in total. The fraction of sp³-hybridized carbons (Fsp3) is 0.647. The zero-order valence-electron chi connectivity index (χ0n) is 16.0. The number of aromatic nitrogens is 2. The van der Waals surface area contributed by atoms with Gasteiger partial charge >= 0.3 is 17.1 Å². The van der Waals surface area contributed by atoms with Crippen molar-refractivity contribution >= 4 is 17.8 Å². The summed E-state index contributed by atoms with van der Waals surface area (Å²) in [5.74, 6) is -2.67. The van der Waals surface area contributed by atoms with E-state index in [9.17, 15) is 19.5 Å². The van der Waals surface area contributed by atoms with Crippen LogP contribution in [0, 0.1) is 5.92 Å². The first-order valence-electron chi connectivity index (χ1n) is 8.95. The third-order valence-corrected chi connectivity index (χ3v) is 4.13. The average Bonchev–Trinajstić information content (AvgIpc) is 3.12. The van der Waals surface area contributed by atoms with E-state index >= 15 is 0 Å². The van der Waals surface area contributed by atoms with Crippen LogP contribution in [0.5, 0.6) is 0 Å². The Labute approximate surface area is 175 Å². The maximum absolute atomic E-state index is 12.6. The molecule has 11 heteroatoms. The summed E-state index contributed by atoms with van der Waals surface area (Å²) in [5, 5.41) is 16.3. The number of rotatable bonds is 12. The van der Waals surface area contributed by atoms with Gasteiger partial charge in [0.1, 0.15) is 6.04 Å². The first-order chi connectivity index (χ1) is 12.8. The van der Waals surface area contributed by atoms with Gasteiger partial charge in [-0.05, 0) is 38.1 Å². The molecule has 0 aromatic carbocycles. The molecule has 0 spiro atoms. The molecule has 0 unspecified atom stereocenters. The van der Waals surface area contributed by atoms with Crippen LogP contribution < -0.4 is 32.2 Å². The molecule has 0 saturated carbocycles. The molecule has 1 rings (SSSR count). The molecule has 10 nitrogen and oxygen atoms in total. The van der Waals surface area contributed by atoms with E-state index in [1.165, 1.54) is 12.5 Å². The molecule has 161 valence electrons. The van der Waals surface area contributed by atoms with Crippen LogP contribution in [0.1, 0.15) is 38.8 Å². The van der Waals surface area contributed by atoms with Gasteiger partial charge in [-0.2, -0.15) is 0 Å². The van der Waals surface area contributed by atoms with Gasteiger partial charge in [0.25, 0.3) is 0 Å². The molecule has 1 heterocycles. The second-order valence-electron chi connectivity index (χ2n) is 6.71. The first kappa shape index (κ1) is 26.1. The number of nitrogens with one attached hydrogen (secondary N) is 2. The van der Waals surface area contributed by atoms with E-state index < -0.39 is 35.9 Å². The Morgan fingerprint density at radius 2 is 1.82 bits per heavy atom. The van der Waals surface area contributed by atoms with Crippen LogP contribution in [0.4, 0.5) is 0 Å². The number of carbonyl (C=O) groups is 3. The molecule has 1 radical (unpaired) electrons. The number of nitrogens with zero attached hydrogens (tertiary/aromatic N) is 2. The summed E-state index contributed by atoms with van der Waals surface area (Å²) in [6.45, 7) is 3.99. The van der Waals surface area contributed by atoms with Gasteiger partial charge in [-0.3, -0.25) is 9.59 Å². The quantitative estimate of drug-likeness (QED) is 0.201. The summed E-state index contributed by atoms with van der Waals surface area (Å²) < 4.78 is 0. The summed E-state index contributed by atoms with van der Waals surface area (Å²) in [5.41, 5.74) is 11.7. The predicted octanol–water partition coefficient (Wildman–Crippen LogP) is -2.59. The normalized spacial score (nSPS) is 13.9. The van der Waals surface area contributed by atoms with Crippen molar-refractivity contribution in [1.29, 1.82) is 0 Å². The van der Waals surface area contributed by atoms with Crippen molar-refractivity contribution in [1.82, 2.24) is 20.6 Å². The van der Waals surface area contributed by atoms with E-state index in [-0.39, 0.29) is 35.8 Å². The Hall–Kier alpha value is -1.94. The Kier molecular flexibility index (Phi) is 12.4. The van der Waals surface area contributed by atoms with Gasteiger partial charge < -0.3 is 42.0 Å². The zero-order chi connectivity index (χ0) is 20.4. The van der Waals surface area contributed by atoms with Gasteiger partial charge in [0.2, 0.25) is 11.8 Å². The smallest absolute Gasteiger partial charge is 0.548 e. The van der Waals surface area contributed by atoms with E-state index in [0.29, 0.717) is 25.1 Å². The minimum Gasteiger partial charge on any atom is -0.548 e. The molecule has 0 saturated heterocycles. The minimum atomic E-state index is -1.39. The van der Waals surface area contributed by atoms with Crippen molar-refractivity contribution in [3.63, 3.8) is 0 Å². The van der Waals surface area contributed by atoms with Gasteiger partial charge in [-0.25, -0.2) is 0 Å². The maximum Gasteiger partial charge on any atom is 2.00 e. The van der Waals surface area contributed by atoms with Crippen molar-refractivity contribution < 1.29 is 36.6 Å². The summed E-state index contributed by atoms with van der Waals surface area (Å²) in [7, 11) is 0. The number of aliphatic carboxylic acids is 1. The third kappa shape index (κ3) is 8.83. The Bertz CT molecular complexity index is 611. The number of carbonyl (C=O) groups excluding carboxylic acids is 3. The van der Waals surface area contributed by atoms with Crippen LogP contribution in [0.2, 0.25) is 0 Å². The molecule has 0 fully saturated rings. The molecule has 0 bridgehead atoms. The van der Waals surface area contributed by atoms with Gasteiger partial charge in [0, 0.05) is 0 Å². The van der Waals surface area contributed by atoms with Crippen LogP contribution in [0.25, 0.3) is 0 Å². The summed E-state index contributed by atoms with van der Waals surface area (Å²) in [6, 6.07) is -3.00. The number of imidazole rings is 1. The van der Waals surface area contributed by atoms with Crippen LogP contribution in [0.3, 0.4) is 0 Å². The van der Waals surface area contributed by atoms with E-state index in [1.807, 2.05) is 0 Å². The molecule has 1 aromatic rings. The second-order valence-corrected chi connectivity index (χ2v) is 6.71. The molecule has 0 aliphatic heterocycles. The molecular formula is C17H28CuN6O4. The van der Waals surface area contributed by atoms with E-state index in [4.69, 9.17) is 11.5 Å². The van der Waals surface area contributed by atoms with E-state index in [2.05, 4.69) is 20.6 Å². The average molecular weight is 444 g/mol. The van der Waals surface area contributed by atoms with E-state index in [1.54, 1.807) is 13.8 Å². The largest absolute Gasteiger partial charge is 2.00 e. The molecule has 28 heavy (non-hydrogen) atoms. The fourth-order valence-electron chi connectivity index (χ4n) is 2.37. The molecule has 0 aliphatic rings. The van der Waals surface area contributed by atoms with Gasteiger partial charge in [-0.15, -0.1) is 0 Å². The molecule has 3 atom stereocenters. The monoisotopic (exact) mass is 443 g/mol.